The highest BCUT2D eigenvalue weighted by molar-refractivity contribution is 7.14. The molecule has 0 aliphatic heterocycles. The summed E-state index contributed by atoms with van der Waals surface area (Å²) in [5.41, 5.74) is 3.67. The molecule has 178 valence electrons. The predicted octanol–water partition coefficient (Wildman–Crippen LogP) is 3.44. The second-order valence-corrected chi connectivity index (χ2v) is 9.86. The number of hydrogen-bond acceptors (Lipinski definition) is 6. The van der Waals surface area contributed by atoms with Crippen LogP contribution >= 0.6 is 11.3 Å². The first kappa shape index (κ1) is 23.6. The van der Waals surface area contributed by atoms with Gasteiger partial charge in [0.1, 0.15) is 6.54 Å². The minimum Gasteiger partial charge on any atom is -0.328 e. The van der Waals surface area contributed by atoms with E-state index in [1.165, 1.54) is 45.0 Å². The number of carbonyl (C=O) groups excluding carboxylic acids is 1. The van der Waals surface area contributed by atoms with Crippen LogP contribution in [0.15, 0.2) is 39.5 Å². The Labute approximate surface area is 200 Å². The van der Waals surface area contributed by atoms with Crippen molar-refractivity contribution in [1.82, 2.24) is 23.7 Å². The molecule has 1 amide bonds. The van der Waals surface area contributed by atoms with E-state index in [1.54, 1.807) is 7.05 Å². The summed E-state index contributed by atoms with van der Waals surface area (Å²) < 4.78 is 3.71. The fraction of sp³-hybridized carbons (Fsp3) is 0.375. The topological polar surface area (TPSA) is 104 Å². The van der Waals surface area contributed by atoms with Crippen molar-refractivity contribution in [2.24, 2.45) is 14.1 Å². The highest BCUT2D eigenvalue weighted by Crippen LogP contribution is 2.33. The van der Waals surface area contributed by atoms with Crippen molar-refractivity contribution in [3.63, 3.8) is 0 Å². The first-order chi connectivity index (χ1) is 16.1. The normalized spacial score (nSPS) is 11.6. The summed E-state index contributed by atoms with van der Waals surface area (Å²) in [6, 6.07) is 6.41. The number of nitrogens with one attached hydrogen (secondary N) is 1. The maximum absolute atomic E-state index is 12.8. The number of carbonyl (C=O) groups is 1. The third-order valence-corrected chi connectivity index (χ3v) is 6.65. The van der Waals surface area contributed by atoms with Gasteiger partial charge in [0.05, 0.1) is 12.0 Å². The average molecular weight is 481 g/mol. The quantitative estimate of drug-likeness (QED) is 0.455. The number of rotatable bonds is 6. The first-order valence-electron chi connectivity index (χ1n) is 11.1. The van der Waals surface area contributed by atoms with Crippen molar-refractivity contribution in [2.75, 3.05) is 5.32 Å². The summed E-state index contributed by atoms with van der Waals surface area (Å²) in [6.45, 7) is 8.22. The van der Waals surface area contributed by atoms with E-state index in [0.29, 0.717) is 17.0 Å². The van der Waals surface area contributed by atoms with E-state index in [9.17, 15) is 14.4 Å². The van der Waals surface area contributed by atoms with Crippen molar-refractivity contribution in [1.29, 1.82) is 0 Å². The van der Waals surface area contributed by atoms with Crippen LogP contribution in [0.2, 0.25) is 0 Å². The fourth-order valence-electron chi connectivity index (χ4n) is 3.94. The summed E-state index contributed by atoms with van der Waals surface area (Å²) in [7, 11) is 3.19. The van der Waals surface area contributed by atoms with Gasteiger partial charge in [-0.3, -0.25) is 14.2 Å². The van der Waals surface area contributed by atoms with Gasteiger partial charge in [0.25, 0.3) is 5.56 Å². The molecular weight excluding hydrogens is 452 g/mol. The lowest BCUT2D eigenvalue weighted by atomic mass is 9.90. The van der Waals surface area contributed by atoms with Gasteiger partial charge in [0, 0.05) is 25.0 Å². The average Bonchev–Trinajstić information content (AvgIpc) is 3.41. The van der Waals surface area contributed by atoms with E-state index in [2.05, 4.69) is 61.2 Å². The Morgan fingerprint density at radius 2 is 1.85 bits per heavy atom. The zero-order chi connectivity index (χ0) is 24.7. The smallest absolute Gasteiger partial charge is 0.328 e. The minimum absolute atomic E-state index is 0.262. The Kier molecular flexibility index (Phi) is 6.26. The molecule has 0 saturated heterocycles. The van der Waals surface area contributed by atoms with Gasteiger partial charge in [-0.25, -0.2) is 19.3 Å². The van der Waals surface area contributed by atoms with Crippen LogP contribution in [0.5, 0.6) is 0 Å². The molecule has 0 atom stereocenters. The molecule has 34 heavy (non-hydrogen) atoms. The molecule has 0 unspecified atom stereocenters. The molecule has 3 heterocycles. The van der Waals surface area contributed by atoms with E-state index >= 15 is 0 Å². The highest BCUT2D eigenvalue weighted by atomic mass is 32.1. The summed E-state index contributed by atoms with van der Waals surface area (Å²) in [5, 5.41) is 5.04. The van der Waals surface area contributed by atoms with Crippen LogP contribution in [0.4, 0.5) is 5.13 Å². The lowest BCUT2D eigenvalue weighted by Crippen LogP contribution is -2.42. The van der Waals surface area contributed by atoms with Crippen molar-refractivity contribution in [3.8, 4) is 11.3 Å². The molecule has 1 aromatic carbocycles. The van der Waals surface area contributed by atoms with Crippen LogP contribution in [0.3, 0.4) is 0 Å². The predicted molar refractivity (Wildman–Crippen MR) is 135 cm³/mol. The number of anilines is 1. The number of amides is 1. The molecule has 9 nitrogen and oxygen atoms in total. The first-order valence-corrected chi connectivity index (χ1v) is 12.0. The van der Waals surface area contributed by atoms with Gasteiger partial charge in [0.15, 0.2) is 16.3 Å². The summed E-state index contributed by atoms with van der Waals surface area (Å²) >= 11 is 1.30. The summed E-state index contributed by atoms with van der Waals surface area (Å²) in [6.07, 6.45) is 1.46. The summed E-state index contributed by atoms with van der Waals surface area (Å²) in [4.78, 5) is 46.9. The van der Waals surface area contributed by atoms with Crippen molar-refractivity contribution in [2.45, 2.75) is 46.1 Å². The molecule has 0 radical (unpaired) electrons. The molecular formula is C24H28N6O3S. The van der Waals surface area contributed by atoms with Crippen molar-refractivity contribution in [3.05, 3.63) is 61.9 Å². The number of imidazole rings is 1. The molecule has 0 aliphatic carbocycles. The van der Waals surface area contributed by atoms with E-state index in [-0.39, 0.29) is 11.2 Å². The lowest BCUT2D eigenvalue weighted by molar-refractivity contribution is -0.116. The van der Waals surface area contributed by atoms with Gasteiger partial charge in [-0.2, -0.15) is 0 Å². The van der Waals surface area contributed by atoms with Crippen LogP contribution in [0, 0.1) is 0 Å². The van der Waals surface area contributed by atoms with Crippen LogP contribution in [0.25, 0.3) is 22.4 Å². The van der Waals surface area contributed by atoms with Gasteiger partial charge in [-0.15, -0.1) is 11.3 Å². The molecule has 0 bridgehead atoms. The SMILES string of the molecule is CC(C)c1ccc(-c2csc(NC(=O)Cn3c(=O)c4c(ncn4C)n(C)c3=O)n2)c(C(C)C)c1. The maximum Gasteiger partial charge on any atom is 0.332 e. The Morgan fingerprint density at radius 1 is 1.12 bits per heavy atom. The van der Waals surface area contributed by atoms with E-state index < -0.39 is 23.7 Å². The number of thiazole rings is 1. The van der Waals surface area contributed by atoms with E-state index in [4.69, 9.17) is 0 Å². The van der Waals surface area contributed by atoms with E-state index in [0.717, 1.165) is 15.8 Å². The minimum atomic E-state index is -0.599. The molecule has 10 heteroatoms. The fourth-order valence-corrected chi connectivity index (χ4v) is 4.67. The molecule has 0 aliphatic rings. The van der Waals surface area contributed by atoms with Gasteiger partial charge < -0.3 is 9.88 Å². The van der Waals surface area contributed by atoms with Crippen LogP contribution in [-0.2, 0) is 25.4 Å². The standard InChI is InChI=1S/C24H28N6O3S/c1-13(2)15-7-8-16(17(9-15)14(3)4)18-11-34-23(26-18)27-19(31)10-30-22(32)20-21(25-12-28(20)5)29(6)24(30)33/h7-9,11-14H,10H2,1-6H3,(H,26,27,31). The number of benzene rings is 1. The monoisotopic (exact) mass is 480 g/mol. The molecule has 4 aromatic rings. The second-order valence-electron chi connectivity index (χ2n) is 9.00. The van der Waals surface area contributed by atoms with Crippen LogP contribution in [-0.4, -0.2) is 29.6 Å². The Balaban J connectivity index is 1.60. The molecule has 4 rings (SSSR count). The van der Waals surface area contributed by atoms with E-state index in [1.807, 2.05) is 5.38 Å². The number of aromatic nitrogens is 5. The molecule has 3 aromatic heterocycles. The Hall–Kier alpha value is -3.53. The number of hydrogen-bond donors (Lipinski definition) is 1. The lowest BCUT2D eigenvalue weighted by Gasteiger charge is -2.15. The zero-order valence-corrected chi connectivity index (χ0v) is 20.9. The van der Waals surface area contributed by atoms with Gasteiger partial charge >= 0.3 is 5.69 Å². The third-order valence-electron chi connectivity index (χ3n) is 5.89. The number of aryl methyl sites for hydroxylation is 2. The molecule has 0 fully saturated rings. The second kappa shape index (κ2) is 9.02. The van der Waals surface area contributed by atoms with Gasteiger partial charge in [0.2, 0.25) is 5.91 Å². The Morgan fingerprint density at radius 3 is 2.53 bits per heavy atom. The summed E-state index contributed by atoms with van der Waals surface area (Å²) in [5.74, 6) is 0.248. The van der Waals surface area contributed by atoms with Crippen LogP contribution in [0.1, 0.15) is 50.7 Å². The molecule has 0 saturated carbocycles. The third kappa shape index (κ3) is 4.21. The zero-order valence-electron chi connectivity index (χ0n) is 20.1. The van der Waals surface area contributed by atoms with Crippen LogP contribution < -0.4 is 16.6 Å². The van der Waals surface area contributed by atoms with Crippen molar-refractivity contribution >= 4 is 33.5 Å². The van der Waals surface area contributed by atoms with Gasteiger partial charge in [-0.05, 0) is 23.0 Å². The molecule has 0 spiro atoms. The number of fused-ring (bicyclic) bond motifs is 1. The van der Waals surface area contributed by atoms with Gasteiger partial charge in [-0.1, -0.05) is 45.9 Å². The number of nitrogens with zero attached hydrogens (tertiary/aromatic N) is 5. The largest absolute Gasteiger partial charge is 0.332 e. The maximum atomic E-state index is 12.8. The van der Waals surface area contributed by atoms with Crippen molar-refractivity contribution < 1.29 is 4.79 Å². The highest BCUT2D eigenvalue weighted by Gasteiger charge is 2.18. The molecule has 1 N–H and O–H groups in total. The Bertz CT molecular complexity index is 1510.